The smallest absolute Gasteiger partial charge is 0.339 e. The van der Waals surface area contributed by atoms with Crippen LogP contribution in [0.2, 0.25) is 0 Å². The predicted octanol–water partition coefficient (Wildman–Crippen LogP) is 2.20. The van der Waals surface area contributed by atoms with Crippen molar-refractivity contribution in [1.82, 2.24) is 19.7 Å². The van der Waals surface area contributed by atoms with Crippen LogP contribution in [0.4, 0.5) is 5.69 Å². The SMILES string of the molecule is Cc1nn(C)c2ncc(C(=O)O)c(N(C)CC3CC(=O)N(C4CCCC4)C3)c12. The van der Waals surface area contributed by atoms with Gasteiger partial charge in [0.2, 0.25) is 5.91 Å². The Labute approximate surface area is 164 Å². The van der Waals surface area contributed by atoms with Gasteiger partial charge in [-0.25, -0.2) is 9.78 Å². The number of aromatic nitrogens is 3. The second-order valence-corrected chi connectivity index (χ2v) is 8.17. The molecule has 0 spiro atoms. The van der Waals surface area contributed by atoms with Crippen LogP contribution in [0.3, 0.4) is 0 Å². The van der Waals surface area contributed by atoms with Crippen LogP contribution in [0, 0.1) is 12.8 Å². The summed E-state index contributed by atoms with van der Waals surface area (Å²) >= 11 is 0. The van der Waals surface area contributed by atoms with E-state index in [1.807, 2.05) is 25.9 Å². The molecule has 8 heteroatoms. The van der Waals surface area contributed by atoms with Gasteiger partial charge in [0.15, 0.2) is 5.65 Å². The molecule has 1 unspecified atom stereocenters. The molecule has 1 saturated carbocycles. The number of aromatic carboxylic acids is 1. The zero-order valence-corrected chi connectivity index (χ0v) is 16.7. The van der Waals surface area contributed by atoms with Gasteiger partial charge in [0.25, 0.3) is 0 Å². The largest absolute Gasteiger partial charge is 0.478 e. The number of hydrogen-bond acceptors (Lipinski definition) is 5. The van der Waals surface area contributed by atoms with Crippen molar-refractivity contribution in [2.24, 2.45) is 13.0 Å². The van der Waals surface area contributed by atoms with Crippen LogP contribution in [-0.2, 0) is 11.8 Å². The molecule has 8 nitrogen and oxygen atoms in total. The summed E-state index contributed by atoms with van der Waals surface area (Å²) in [5.74, 6) is -0.573. The number of aryl methyl sites for hydroxylation is 2. The molecule has 1 saturated heterocycles. The first kappa shape index (κ1) is 18.7. The average Bonchev–Trinajstić information content (AvgIpc) is 3.35. The number of rotatable bonds is 5. The van der Waals surface area contributed by atoms with Crippen molar-refractivity contribution in [2.45, 2.75) is 45.1 Å². The lowest BCUT2D eigenvalue weighted by atomic mass is 10.1. The summed E-state index contributed by atoms with van der Waals surface area (Å²) in [7, 11) is 3.71. The highest BCUT2D eigenvalue weighted by Crippen LogP contribution is 2.34. The van der Waals surface area contributed by atoms with E-state index in [-0.39, 0.29) is 17.4 Å². The van der Waals surface area contributed by atoms with E-state index in [0.29, 0.717) is 30.3 Å². The molecule has 4 rings (SSSR count). The van der Waals surface area contributed by atoms with Gasteiger partial charge < -0.3 is 14.9 Å². The Morgan fingerprint density at radius 2 is 2.07 bits per heavy atom. The topological polar surface area (TPSA) is 91.6 Å². The second kappa shape index (κ2) is 7.07. The number of carbonyl (C=O) groups excluding carboxylic acids is 1. The highest BCUT2D eigenvalue weighted by Gasteiger charge is 2.36. The Balaban J connectivity index is 1.62. The number of pyridine rings is 1. The third-order valence-corrected chi connectivity index (χ3v) is 6.15. The molecule has 0 aromatic carbocycles. The molecule has 1 aliphatic carbocycles. The molecule has 1 amide bonds. The first-order chi connectivity index (χ1) is 13.4. The highest BCUT2D eigenvalue weighted by molar-refractivity contribution is 6.04. The van der Waals surface area contributed by atoms with Crippen LogP contribution >= 0.6 is 0 Å². The Hall–Kier alpha value is -2.64. The summed E-state index contributed by atoms with van der Waals surface area (Å²) in [6.45, 7) is 3.26. The normalized spacial score (nSPS) is 20.5. The zero-order valence-electron chi connectivity index (χ0n) is 16.7. The maximum absolute atomic E-state index is 12.5. The molecule has 3 heterocycles. The number of carbonyl (C=O) groups is 2. The van der Waals surface area contributed by atoms with Crippen LogP contribution < -0.4 is 4.90 Å². The Kier molecular flexibility index (Phi) is 4.72. The summed E-state index contributed by atoms with van der Waals surface area (Å²) < 4.78 is 1.68. The molecule has 2 aromatic rings. The van der Waals surface area contributed by atoms with Gasteiger partial charge in [-0.05, 0) is 19.8 Å². The maximum Gasteiger partial charge on any atom is 0.339 e. The van der Waals surface area contributed by atoms with E-state index < -0.39 is 5.97 Å². The van der Waals surface area contributed by atoms with Crippen molar-refractivity contribution >= 4 is 28.6 Å². The fraction of sp³-hybridized carbons (Fsp3) is 0.600. The maximum atomic E-state index is 12.5. The van der Waals surface area contributed by atoms with Crippen LogP contribution in [0.25, 0.3) is 11.0 Å². The van der Waals surface area contributed by atoms with Crippen molar-refractivity contribution in [2.75, 3.05) is 25.0 Å². The lowest BCUT2D eigenvalue weighted by Crippen LogP contribution is -2.35. The van der Waals surface area contributed by atoms with Gasteiger partial charge in [-0.2, -0.15) is 5.10 Å². The highest BCUT2D eigenvalue weighted by atomic mass is 16.4. The van der Waals surface area contributed by atoms with E-state index in [1.165, 1.54) is 19.0 Å². The Morgan fingerprint density at radius 1 is 1.36 bits per heavy atom. The Bertz CT molecular complexity index is 932. The van der Waals surface area contributed by atoms with E-state index >= 15 is 0 Å². The van der Waals surface area contributed by atoms with E-state index in [2.05, 4.69) is 15.0 Å². The molecule has 2 aromatic heterocycles. The Morgan fingerprint density at radius 3 is 2.75 bits per heavy atom. The summed E-state index contributed by atoms with van der Waals surface area (Å²) in [5, 5.41) is 14.9. The van der Waals surface area contributed by atoms with E-state index in [9.17, 15) is 14.7 Å². The number of nitrogens with zero attached hydrogens (tertiary/aromatic N) is 5. The van der Waals surface area contributed by atoms with Gasteiger partial charge >= 0.3 is 5.97 Å². The number of hydrogen-bond donors (Lipinski definition) is 1. The number of anilines is 1. The third kappa shape index (κ3) is 3.10. The summed E-state index contributed by atoms with van der Waals surface area (Å²) in [5.41, 5.74) is 2.22. The minimum absolute atomic E-state index is 0.170. The molecular weight excluding hydrogens is 358 g/mol. The number of carboxylic acids is 1. The first-order valence-corrected chi connectivity index (χ1v) is 9.93. The van der Waals surface area contributed by atoms with Gasteiger partial charge in [0, 0.05) is 51.8 Å². The zero-order chi connectivity index (χ0) is 20.0. The van der Waals surface area contributed by atoms with Crippen molar-refractivity contribution in [3.8, 4) is 0 Å². The monoisotopic (exact) mass is 385 g/mol. The minimum Gasteiger partial charge on any atom is -0.478 e. The van der Waals surface area contributed by atoms with E-state index in [1.54, 1.807) is 4.68 Å². The summed E-state index contributed by atoms with van der Waals surface area (Å²) in [6.07, 6.45) is 6.56. The molecule has 0 bridgehead atoms. The molecule has 150 valence electrons. The lowest BCUT2D eigenvalue weighted by molar-refractivity contribution is -0.129. The molecular formula is C20H27N5O3. The van der Waals surface area contributed by atoms with Crippen LogP contribution in [0.5, 0.6) is 0 Å². The molecule has 1 N–H and O–H groups in total. The number of carboxylic acid groups (broad SMARTS) is 1. The number of likely N-dealkylation sites (tertiary alicyclic amines) is 1. The minimum atomic E-state index is -1.01. The van der Waals surface area contributed by atoms with Crippen molar-refractivity contribution in [3.63, 3.8) is 0 Å². The lowest BCUT2D eigenvalue weighted by Gasteiger charge is -2.27. The summed E-state index contributed by atoms with van der Waals surface area (Å²) in [6, 6.07) is 0.394. The molecule has 2 aliphatic rings. The van der Waals surface area contributed by atoms with Crippen LogP contribution in [0.1, 0.15) is 48.2 Å². The standard InChI is InChI=1S/C20H27N5O3/c1-12-17-18(15(20(27)28)9-21-19(17)24(3)22-12)23(2)10-13-8-16(26)25(11-13)14-6-4-5-7-14/h9,13-14H,4-8,10-11H2,1-3H3,(H,27,28). The van der Waals surface area contributed by atoms with Crippen LogP contribution in [-0.4, -0.2) is 62.8 Å². The number of fused-ring (bicyclic) bond motifs is 1. The van der Waals surface area contributed by atoms with E-state index in [4.69, 9.17) is 0 Å². The molecule has 0 radical (unpaired) electrons. The van der Waals surface area contributed by atoms with Gasteiger partial charge in [-0.3, -0.25) is 9.48 Å². The van der Waals surface area contributed by atoms with Gasteiger partial charge in [0.1, 0.15) is 5.56 Å². The van der Waals surface area contributed by atoms with Gasteiger partial charge in [0.05, 0.1) is 16.8 Å². The molecule has 1 aliphatic heterocycles. The van der Waals surface area contributed by atoms with Gasteiger partial charge in [-0.15, -0.1) is 0 Å². The van der Waals surface area contributed by atoms with Crippen LogP contribution in [0.15, 0.2) is 6.20 Å². The number of amides is 1. The van der Waals surface area contributed by atoms with Crippen molar-refractivity contribution in [1.29, 1.82) is 0 Å². The fourth-order valence-electron chi connectivity index (χ4n) is 4.92. The molecule has 1 atom stereocenters. The molecule has 2 fully saturated rings. The predicted molar refractivity (Wildman–Crippen MR) is 106 cm³/mol. The molecule has 28 heavy (non-hydrogen) atoms. The van der Waals surface area contributed by atoms with Gasteiger partial charge in [-0.1, -0.05) is 12.8 Å². The van der Waals surface area contributed by atoms with Crippen molar-refractivity contribution < 1.29 is 14.7 Å². The fourth-order valence-corrected chi connectivity index (χ4v) is 4.92. The third-order valence-electron chi connectivity index (χ3n) is 6.15. The van der Waals surface area contributed by atoms with E-state index in [0.717, 1.165) is 30.5 Å². The summed E-state index contributed by atoms with van der Waals surface area (Å²) in [4.78, 5) is 32.7. The average molecular weight is 385 g/mol. The second-order valence-electron chi connectivity index (χ2n) is 8.17. The quantitative estimate of drug-likeness (QED) is 0.848. The first-order valence-electron chi connectivity index (χ1n) is 9.93. The van der Waals surface area contributed by atoms with Crippen molar-refractivity contribution in [3.05, 3.63) is 17.5 Å².